The zero-order valence-electron chi connectivity index (χ0n) is 15.9. The number of hydrogen-bond acceptors (Lipinski definition) is 3. The molecule has 5 rings (SSSR count). The molecule has 4 aliphatic carbocycles. The smallest absolute Gasteiger partial charge is 0.246 e. The van der Waals surface area contributed by atoms with Crippen molar-refractivity contribution in [2.75, 3.05) is 6.54 Å². The molecule has 0 spiro atoms. The summed E-state index contributed by atoms with van der Waals surface area (Å²) in [6.45, 7) is 1.45. The average Bonchev–Trinajstić information content (AvgIpc) is 2.58. The molecule has 4 bridgehead atoms. The zero-order chi connectivity index (χ0) is 20.1. The van der Waals surface area contributed by atoms with Crippen LogP contribution in [0.15, 0.2) is 23.1 Å². The van der Waals surface area contributed by atoms with Crippen LogP contribution >= 0.6 is 0 Å². The first kappa shape index (κ1) is 19.8. The van der Waals surface area contributed by atoms with Gasteiger partial charge in [-0.15, -0.1) is 0 Å². The fraction of sp³-hybridized carbons (Fsp3) is 0.650. The van der Waals surface area contributed by atoms with Crippen molar-refractivity contribution in [2.45, 2.75) is 56.4 Å². The van der Waals surface area contributed by atoms with Crippen LogP contribution < -0.4 is 10.0 Å². The Morgan fingerprint density at radius 1 is 1.11 bits per heavy atom. The molecule has 0 saturated heterocycles. The molecule has 0 heterocycles. The van der Waals surface area contributed by atoms with Crippen molar-refractivity contribution < 1.29 is 22.0 Å². The molecule has 1 aromatic rings. The van der Waals surface area contributed by atoms with E-state index in [1.807, 2.05) is 11.6 Å². The Morgan fingerprint density at radius 3 is 2.11 bits per heavy atom. The van der Waals surface area contributed by atoms with Crippen LogP contribution in [0.4, 0.5) is 8.78 Å². The lowest BCUT2D eigenvalue weighted by molar-refractivity contribution is -0.124. The highest BCUT2D eigenvalue weighted by molar-refractivity contribution is 7.89. The third kappa shape index (κ3) is 3.56. The van der Waals surface area contributed by atoms with Gasteiger partial charge in [0.2, 0.25) is 15.9 Å². The van der Waals surface area contributed by atoms with Gasteiger partial charge in [-0.3, -0.25) is 4.79 Å². The third-order valence-corrected chi connectivity index (χ3v) is 8.44. The normalized spacial score (nSPS) is 32.3. The van der Waals surface area contributed by atoms with Crippen LogP contribution in [-0.4, -0.2) is 26.9 Å². The minimum absolute atomic E-state index is 0.0527. The molecule has 0 radical (unpaired) electrons. The summed E-state index contributed by atoms with van der Waals surface area (Å²) >= 11 is 0. The van der Waals surface area contributed by atoms with E-state index in [0.717, 1.165) is 55.2 Å². The van der Waals surface area contributed by atoms with Gasteiger partial charge in [0.1, 0.15) is 11.6 Å². The van der Waals surface area contributed by atoms with E-state index in [0.29, 0.717) is 0 Å². The van der Waals surface area contributed by atoms with Gasteiger partial charge >= 0.3 is 0 Å². The van der Waals surface area contributed by atoms with E-state index in [1.165, 1.54) is 19.3 Å². The lowest BCUT2D eigenvalue weighted by Crippen LogP contribution is -2.56. The molecule has 0 aromatic heterocycles. The summed E-state index contributed by atoms with van der Waals surface area (Å²) in [5, 5.41) is 2.94. The van der Waals surface area contributed by atoms with E-state index in [9.17, 15) is 22.0 Å². The summed E-state index contributed by atoms with van der Waals surface area (Å²) < 4.78 is 53.9. The summed E-state index contributed by atoms with van der Waals surface area (Å²) in [5.41, 5.74) is 0.0981. The SMILES string of the molecule is C[C@H](NC(=O)CNS(=O)(=O)c1c(F)cccc1F)C12CC3CC(CC(C3)C1)C2. The summed E-state index contributed by atoms with van der Waals surface area (Å²) in [4.78, 5) is 11.3. The molecule has 1 amide bonds. The van der Waals surface area contributed by atoms with Crippen LogP contribution in [0.1, 0.15) is 45.4 Å². The van der Waals surface area contributed by atoms with Crippen molar-refractivity contribution in [2.24, 2.45) is 23.2 Å². The molecule has 4 saturated carbocycles. The van der Waals surface area contributed by atoms with Crippen LogP contribution in [0.3, 0.4) is 0 Å². The van der Waals surface area contributed by atoms with E-state index in [1.54, 1.807) is 0 Å². The first-order valence-corrected chi connectivity index (χ1v) is 11.4. The second kappa shape index (κ2) is 7.06. The monoisotopic (exact) mass is 412 g/mol. The maximum atomic E-state index is 13.7. The molecule has 0 unspecified atom stereocenters. The molecule has 5 nitrogen and oxygen atoms in total. The van der Waals surface area contributed by atoms with Gasteiger partial charge in [-0.25, -0.2) is 21.9 Å². The van der Waals surface area contributed by atoms with Crippen LogP contribution in [0.25, 0.3) is 0 Å². The maximum Gasteiger partial charge on any atom is 0.246 e. The Hall–Kier alpha value is -1.54. The van der Waals surface area contributed by atoms with Gasteiger partial charge in [-0.05, 0) is 80.8 Å². The van der Waals surface area contributed by atoms with E-state index in [-0.39, 0.29) is 11.5 Å². The van der Waals surface area contributed by atoms with Crippen molar-refractivity contribution in [3.63, 3.8) is 0 Å². The van der Waals surface area contributed by atoms with Crippen molar-refractivity contribution in [1.82, 2.24) is 10.0 Å². The fourth-order valence-electron chi connectivity index (χ4n) is 6.13. The van der Waals surface area contributed by atoms with Gasteiger partial charge < -0.3 is 5.32 Å². The topological polar surface area (TPSA) is 75.3 Å². The summed E-state index contributed by atoms with van der Waals surface area (Å²) in [5.74, 6) is -0.623. The maximum absolute atomic E-state index is 13.7. The highest BCUT2D eigenvalue weighted by Gasteiger charge is 2.53. The Morgan fingerprint density at radius 2 is 1.61 bits per heavy atom. The quantitative estimate of drug-likeness (QED) is 0.754. The number of hydrogen-bond donors (Lipinski definition) is 2. The molecule has 4 aliphatic rings. The number of nitrogens with one attached hydrogen (secondary N) is 2. The number of halogens is 2. The van der Waals surface area contributed by atoms with Gasteiger partial charge in [0.25, 0.3) is 0 Å². The number of carbonyl (C=O) groups is 1. The van der Waals surface area contributed by atoms with Gasteiger partial charge in [-0.1, -0.05) is 6.07 Å². The highest BCUT2D eigenvalue weighted by atomic mass is 32.2. The molecular formula is C20H26F2N2O3S. The molecule has 154 valence electrons. The van der Waals surface area contributed by atoms with E-state index >= 15 is 0 Å². The first-order chi connectivity index (χ1) is 13.2. The number of amides is 1. The van der Waals surface area contributed by atoms with Crippen molar-refractivity contribution in [3.05, 3.63) is 29.8 Å². The summed E-state index contributed by atoms with van der Waals surface area (Å²) in [7, 11) is -4.46. The Kier molecular flexibility index (Phi) is 4.98. The molecule has 1 atom stereocenters. The molecule has 28 heavy (non-hydrogen) atoms. The van der Waals surface area contributed by atoms with Crippen LogP contribution in [-0.2, 0) is 14.8 Å². The lowest BCUT2D eigenvalue weighted by Gasteiger charge is -2.59. The number of sulfonamides is 1. The molecule has 4 fully saturated rings. The van der Waals surface area contributed by atoms with E-state index in [2.05, 4.69) is 5.32 Å². The predicted molar refractivity (Wildman–Crippen MR) is 99.8 cm³/mol. The van der Waals surface area contributed by atoms with Crippen molar-refractivity contribution in [1.29, 1.82) is 0 Å². The van der Waals surface area contributed by atoms with Crippen LogP contribution in [0.2, 0.25) is 0 Å². The lowest BCUT2D eigenvalue weighted by atomic mass is 9.48. The minimum atomic E-state index is -4.46. The number of benzene rings is 1. The van der Waals surface area contributed by atoms with Gasteiger partial charge in [-0.2, -0.15) is 0 Å². The molecule has 8 heteroatoms. The van der Waals surface area contributed by atoms with Crippen molar-refractivity contribution >= 4 is 15.9 Å². The predicted octanol–water partition coefficient (Wildman–Crippen LogP) is 2.96. The third-order valence-electron chi connectivity index (χ3n) is 6.99. The minimum Gasteiger partial charge on any atom is -0.352 e. The second-order valence-electron chi connectivity index (χ2n) is 8.94. The van der Waals surface area contributed by atoms with Gasteiger partial charge in [0.05, 0.1) is 6.54 Å². The number of rotatable bonds is 6. The van der Waals surface area contributed by atoms with Gasteiger partial charge in [0.15, 0.2) is 4.90 Å². The molecule has 2 N–H and O–H groups in total. The largest absolute Gasteiger partial charge is 0.352 e. The highest BCUT2D eigenvalue weighted by Crippen LogP contribution is 2.61. The number of carbonyl (C=O) groups excluding carboxylic acids is 1. The molecule has 1 aromatic carbocycles. The fourth-order valence-corrected chi connectivity index (χ4v) is 7.24. The Labute approximate surface area is 164 Å². The zero-order valence-corrected chi connectivity index (χ0v) is 16.7. The summed E-state index contributed by atoms with van der Waals surface area (Å²) in [6, 6.07) is 2.77. The molecule has 0 aliphatic heterocycles. The second-order valence-corrected chi connectivity index (χ2v) is 10.6. The van der Waals surface area contributed by atoms with Gasteiger partial charge in [0, 0.05) is 6.04 Å². The van der Waals surface area contributed by atoms with E-state index < -0.39 is 39.0 Å². The first-order valence-electron chi connectivity index (χ1n) is 9.91. The van der Waals surface area contributed by atoms with E-state index in [4.69, 9.17) is 0 Å². The van der Waals surface area contributed by atoms with Crippen molar-refractivity contribution in [3.8, 4) is 0 Å². The standard InChI is InChI=1S/C20H26F2N2O3S/c1-12(20-8-13-5-14(9-20)7-15(6-13)10-20)24-18(25)11-23-28(26,27)19-16(21)3-2-4-17(19)22/h2-4,12-15,23H,5-11H2,1H3,(H,24,25)/t12-,13?,14?,15?,20?/m0/s1. The Balaban J connectivity index is 1.38. The molecular weight excluding hydrogens is 386 g/mol. The average molecular weight is 413 g/mol. The van der Waals surface area contributed by atoms with Crippen LogP contribution in [0, 0.1) is 34.8 Å². The van der Waals surface area contributed by atoms with Crippen LogP contribution in [0.5, 0.6) is 0 Å². The Bertz CT molecular complexity index is 832. The summed E-state index contributed by atoms with van der Waals surface area (Å²) in [6.07, 6.45) is 7.25.